The minimum atomic E-state index is -4.43. The van der Waals surface area contributed by atoms with E-state index in [1.807, 2.05) is 47.4 Å². The molecule has 7 rings (SSSR count). The van der Waals surface area contributed by atoms with Gasteiger partial charge >= 0.3 is 12.2 Å². The Morgan fingerprint density at radius 1 is 0.955 bits per heavy atom. The van der Waals surface area contributed by atoms with Crippen molar-refractivity contribution in [2.45, 2.75) is 32.9 Å². The molecule has 1 saturated heterocycles. The first-order valence-corrected chi connectivity index (χ1v) is 15.4. The zero-order valence-electron chi connectivity index (χ0n) is 25.2. The van der Waals surface area contributed by atoms with E-state index in [9.17, 15) is 22.8 Å². The van der Waals surface area contributed by atoms with Crippen molar-refractivity contribution < 1.29 is 22.8 Å². The first kappa shape index (κ1) is 30.2. The third-order valence-corrected chi connectivity index (χ3v) is 10.1. The van der Waals surface area contributed by atoms with E-state index in [0.29, 0.717) is 68.9 Å². The molecule has 3 amide bonds. The van der Waals surface area contributed by atoms with Crippen LogP contribution in [-0.4, -0.2) is 72.5 Å². The van der Waals surface area contributed by atoms with Crippen molar-refractivity contribution in [2.75, 3.05) is 51.1 Å². The number of rotatable bonds is 7. The summed E-state index contributed by atoms with van der Waals surface area (Å²) in [5.74, 6) is 1.15. The van der Waals surface area contributed by atoms with Crippen LogP contribution in [0.4, 0.5) is 23.7 Å². The molecule has 0 radical (unpaired) electrons. The molecule has 2 bridgehead atoms. The van der Waals surface area contributed by atoms with E-state index in [4.69, 9.17) is 0 Å². The predicted octanol–water partition coefficient (Wildman–Crippen LogP) is 7.14. The van der Waals surface area contributed by atoms with Gasteiger partial charge in [-0.1, -0.05) is 61.9 Å². The van der Waals surface area contributed by atoms with Crippen LogP contribution in [0, 0.1) is 17.3 Å². The van der Waals surface area contributed by atoms with E-state index in [1.54, 1.807) is 4.90 Å². The number of alkyl halides is 3. The van der Waals surface area contributed by atoms with Gasteiger partial charge in [0.15, 0.2) is 0 Å². The number of anilines is 1. The lowest BCUT2D eigenvalue weighted by Gasteiger charge is -2.57. The highest BCUT2D eigenvalue weighted by Gasteiger charge is 2.51. The Bertz CT molecular complexity index is 1550. The molecule has 2 unspecified atom stereocenters. The number of hydrogen-bond acceptors (Lipinski definition) is 3. The maximum Gasteiger partial charge on any atom is 0.416 e. The number of piperazine rings is 1. The Balaban J connectivity index is 1.09. The first-order chi connectivity index (χ1) is 21.0. The van der Waals surface area contributed by atoms with Gasteiger partial charge in [0.2, 0.25) is 0 Å². The lowest BCUT2D eigenvalue weighted by Crippen LogP contribution is -2.52. The number of carbonyl (C=O) groups excluding carboxylic acids is 2. The summed E-state index contributed by atoms with van der Waals surface area (Å²) in [7, 11) is 0. The van der Waals surface area contributed by atoms with Gasteiger partial charge in [-0.05, 0) is 71.2 Å². The summed E-state index contributed by atoms with van der Waals surface area (Å²) in [6.45, 7) is 8.79. The van der Waals surface area contributed by atoms with Crippen molar-refractivity contribution in [3.63, 3.8) is 0 Å². The van der Waals surface area contributed by atoms with Gasteiger partial charge in [0.05, 0.1) is 5.56 Å². The van der Waals surface area contributed by atoms with Gasteiger partial charge in [0.1, 0.15) is 0 Å². The van der Waals surface area contributed by atoms with Crippen molar-refractivity contribution in [2.24, 2.45) is 17.3 Å². The summed E-state index contributed by atoms with van der Waals surface area (Å²) in [6, 6.07) is 18.0. The van der Waals surface area contributed by atoms with E-state index in [-0.39, 0.29) is 17.4 Å². The number of amides is 3. The second-order valence-electron chi connectivity index (χ2n) is 12.9. The molecule has 3 aromatic rings. The van der Waals surface area contributed by atoms with Crippen molar-refractivity contribution >= 4 is 28.4 Å². The summed E-state index contributed by atoms with van der Waals surface area (Å²) in [4.78, 5) is 32.9. The second-order valence-corrected chi connectivity index (χ2v) is 12.9. The van der Waals surface area contributed by atoms with E-state index < -0.39 is 11.7 Å². The molecule has 4 aliphatic rings. The highest BCUT2D eigenvalue weighted by atomic mass is 19.4. The highest BCUT2D eigenvalue weighted by Crippen LogP contribution is 2.59. The van der Waals surface area contributed by atoms with Crippen LogP contribution >= 0.6 is 0 Å². The number of nitrogens with one attached hydrogen (secondary N) is 1. The fourth-order valence-electron chi connectivity index (χ4n) is 7.09. The molecule has 2 atom stereocenters. The molecule has 232 valence electrons. The average molecular weight is 605 g/mol. The van der Waals surface area contributed by atoms with Crippen molar-refractivity contribution in [1.82, 2.24) is 14.7 Å². The van der Waals surface area contributed by atoms with Crippen LogP contribution in [0.1, 0.15) is 42.6 Å². The lowest BCUT2D eigenvalue weighted by atomic mass is 9.49. The minimum Gasteiger partial charge on any atom is -0.336 e. The third-order valence-electron chi connectivity index (χ3n) is 10.1. The average Bonchev–Trinajstić information content (AvgIpc) is 3.02. The third kappa shape index (κ3) is 6.07. The van der Waals surface area contributed by atoms with Gasteiger partial charge in [0, 0.05) is 57.1 Å². The number of urea groups is 1. The Hall–Kier alpha value is -3.85. The Morgan fingerprint density at radius 3 is 2.34 bits per heavy atom. The van der Waals surface area contributed by atoms with E-state index in [0.717, 1.165) is 35.7 Å². The highest BCUT2D eigenvalue weighted by molar-refractivity contribution is 6.07. The van der Waals surface area contributed by atoms with Crippen LogP contribution in [0.3, 0.4) is 0 Å². The summed E-state index contributed by atoms with van der Waals surface area (Å²) in [5, 5.41) is 4.82. The summed E-state index contributed by atoms with van der Waals surface area (Å²) in [5.41, 5.74) is 1.78. The molecule has 1 heterocycles. The largest absolute Gasteiger partial charge is 0.416 e. The van der Waals surface area contributed by atoms with Crippen LogP contribution in [0.25, 0.3) is 10.8 Å². The fraction of sp³-hybridized carbons (Fsp3) is 0.429. The Morgan fingerprint density at radius 2 is 1.66 bits per heavy atom. The van der Waals surface area contributed by atoms with Gasteiger partial charge in [-0.15, -0.1) is 0 Å². The quantitative estimate of drug-likeness (QED) is 0.292. The molecular formula is C35H39F3N4O2. The molecule has 1 aliphatic heterocycles. The monoisotopic (exact) mass is 604 g/mol. The number of benzene rings is 3. The Kier molecular flexibility index (Phi) is 8.18. The van der Waals surface area contributed by atoms with Crippen LogP contribution in [-0.2, 0) is 6.18 Å². The van der Waals surface area contributed by atoms with Crippen molar-refractivity contribution in [1.29, 1.82) is 0 Å². The zero-order valence-corrected chi connectivity index (χ0v) is 25.2. The summed E-state index contributed by atoms with van der Waals surface area (Å²) >= 11 is 0. The maximum absolute atomic E-state index is 13.5. The molecule has 3 aliphatic carbocycles. The molecule has 0 aromatic heterocycles. The van der Waals surface area contributed by atoms with Gasteiger partial charge < -0.3 is 15.1 Å². The van der Waals surface area contributed by atoms with Crippen LogP contribution in [0.5, 0.6) is 0 Å². The summed E-state index contributed by atoms with van der Waals surface area (Å²) in [6.07, 6.45) is -0.00108. The number of allylic oxidation sites excluding steroid dienone is 1. The fourth-order valence-corrected chi connectivity index (χ4v) is 7.09. The SMILES string of the molecule is CC1(C)C2CC=C(CN(CCN3CCN(C(=O)c4cccc5ccccc45)CC3)C(=O)Nc3ccc(C(F)(F)F)cc3)C1C2. The number of halogens is 3. The van der Waals surface area contributed by atoms with Gasteiger partial charge in [-0.3, -0.25) is 9.69 Å². The number of nitrogens with zero attached hydrogens (tertiary/aromatic N) is 3. The Labute approximate surface area is 256 Å². The standard InChI is InChI=1S/C35H39F3N4O2/c1-34(2)27-11-10-25(31(34)22-27)23-42(33(44)39-28-14-12-26(13-15-28)35(36,37)38)21-18-40-16-19-41(20-17-40)32(43)30-9-5-7-24-6-3-4-8-29(24)30/h3-10,12-15,27,31H,11,16-23H2,1-2H3,(H,39,44). The molecule has 1 N–H and O–H groups in total. The van der Waals surface area contributed by atoms with Gasteiger partial charge in [0.25, 0.3) is 5.91 Å². The van der Waals surface area contributed by atoms with Gasteiger partial charge in [-0.25, -0.2) is 4.79 Å². The van der Waals surface area contributed by atoms with Crippen LogP contribution in [0.2, 0.25) is 0 Å². The number of fused-ring (bicyclic) bond motifs is 2. The molecule has 9 heteroatoms. The van der Waals surface area contributed by atoms with E-state index >= 15 is 0 Å². The zero-order chi connectivity index (χ0) is 31.1. The van der Waals surface area contributed by atoms with E-state index in [1.165, 1.54) is 17.7 Å². The van der Waals surface area contributed by atoms with Crippen LogP contribution in [0.15, 0.2) is 78.4 Å². The molecule has 2 fully saturated rings. The molecule has 6 nitrogen and oxygen atoms in total. The topological polar surface area (TPSA) is 55.9 Å². The maximum atomic E-state index is 13.5. The van der Waals surface area contributed by atoms with Gasteiger partial charge in [-0.2, -0.15) is 13.2 Å². The normalized spacial score (nSPS) is 21.4. The van der Waals surface area contributed by atoms with E-state index in [2.05, 4.69) is 30.1 Å². The molecule has 0 spiro atoms. The van der Waals surface area contributed by atoms with Crippen molar-refractivity contribution in [3.8, 4) is 0 Å². The lowest BCUT2D eigenvalue weighted by molar-refractivity contribution is -0.137. The smallest absolute Gasteiger partial charge is 0.336 e. The molecule has 44 heavy (non-hydrogen) atoms. The first-order valence-electron chi connectivity index (χ1n) is 15.4. The number of carbonyl (C=O) groups is 2. The predicted molar refractivity (Wildman–Crippen MR) is 166 cm³/mol. The second kappa shape index (κ2) is 11.9. The van der Waals surface area contributed by atoms with Crippen molar-refractivity contribution in [3.05, 3.63) is 89.5 Å². The molecule has 3 aromatic carbocycles. The molecule has 1 saturated carbocycles. The minimum absolute atomic E-state index is 0.0321. The summed E-state index contributed by atoms with van der Waals surface area (Å²) < 4.78 is 39.1. The van der Waals surface area contributed by atoms with Crippen LogP contribution < -0.4 is 5.32 Å². The number of hydrogen-bond donors (Lipinski definition) is 1. The molecular weight excluding hydrogens is 565 g/mol.